The normalized spacial score (nSPS) is 14.8. The number of nitrogens with one attached hydrogen (secondary N) is 1. The fraction of sp³-hybridized carbons (Fsp3) is 0.333. The molecule has 0 spiro atoms. The van der Waals surface area contributed by atoms with Crippen LogP contribution < -0.4 is 33.7 Å². The van der Waals surface area contributed by atoms with Gasteiger partial charge in [0.1, 0.15) is 11.5 Å². The van der Waals surface area contributed by atoms with E-state index >= 15 is 0 Å². The summed E-state index contributed by atoms with van der Waals surface area (Å²) >= 11 is 0. The first-order chi connectivity index (χ1) is 22.5. The lowest BCUT2D eigenvalue weighted by atomic mass is 9.87. The van der Waals surface area contributed by atoms with Crippen LogP contribution in [-0.2, 0) is 25.7 Å². The number of methoxy groups -OCH3 is 6. The summed E-state index contributed by atoms with van der Waals surface area (Å²) in [4.78, 5) is 0. The first-order valence-corrected chi connectivity index (χ1v) is 15.7. The summed E-state index contributed by atoms with van der Waals surface area (Å²) in [5.74, 6) is 4.95. The Morgan fingerprint density at radius 1 is 0.587 bits per heavy atom. The Balaban J connectivity index is 0.000000181. The first-order valence-electron chi connectivity index (χ1n) is 15.7. The van der Waals surface area contributed by atoms with Crippen LogP contribution in [-0.4, -0.2) is 49.2 Å². The van der Waals surface area contributed by atoms with Crippen molar-refractivity contribution in [2.24, 2.45) is 0 Å². The minimum absolute atomic E-state index is 0.284. The Labute approximate surface area is 273 Å². The Bertz CT molecular complexity index is 1630. The maximum absolute atomic E-state index is 5.46. The second-order valence-corrected chi connectivity index (χ2v) is 11.4. The van der Waals surface area contributed by atoms with E-state index in [0.29, 0.717) is 0 Å². The summed E-state index contributed by atoms with van der Waals surface area (Å²) in [6.45, 7) is 0.976. The summed E-state index contributed by atoms with van der Waals surface area (Å²) in [5, 5.41) is 3.61. The molecule has 46 heavy (non-hydrogen) atoms. The number of aryl methyl sites for hydroxylation is 1. The lowest BCUT2D eigenvalue weighted by Crippen LogP contribution is -2.31. The van der Waals surface area contributed by atoms with Gasteiger partial charge >= 0.3 is 0 Å². The number of allylic oxidation sites excluding steroid dienone is 2. The van der Waals surface area contributed by atoms with Crippen LogP contribution in [0.2, 0.25) is 0 Å². The topological polar surface area (TPSA) is 67.4 Å². The van der Waals surface area contributed by atoms with Crippen molar-refractivity contribution in [2.45, 2.75) is 38.1 Å². The number of rotatable bonds is 10. The largest absolute Gasteiger partial charge is 0.497 e. The predicted octanol–water partition coefficient (Wildman–Crippen LogP) is 7.43. The molecule has 6 rings (SSSR count). The maximum atomic E-state index is 5.46. The minimum Gasteiger partial charge on any atom is -0.497 e. The Morgan fingerprint density at radius 2 is 1.13 bits per heavy atom. The molecule has 0 aromatic heterocycles. The third-order valence-electron chi connectivity index (χ3n) is 8.72. The smallest absolute Gasteiger partial charge is 0.161 e. The van der Waals surface area contributed by atoms with Gasteiger partial charge in [-0.1, -0.05) is 30.3 Å². The van der Waals surface area contributed by atoms with Crippen LogP contribution in [0.3, 0.4) is 0 Å². The molecule has 0 saturated heterocycles. The van der Waals surface area contributed by atoms with Gasteiger partial charge in [-0.2, -0.15) is 0 Å². The molecular formula is C39H45NO6. The van der Waals surface area contributed by atoms with Crippen LogP contribution in [0.25, 0.3) is 5.57 Å². The van der Waals surface area contributed by atoms with Gasteiger partial charge in [0, 0.05) is 6.04 Å². The highest BCUT2D eigenvalue weighted by Gasteiger charge is 2.23. The van der Waals surface area contributed by atoms with Gasteiger partial charge in [0.05, 0.1) is 42.7 Å². The average Bonchev–Trinajstić information content (AvgIpc) is 3.11. The van der Waals surface area contributed by atoms with Crippen LogP contribution in [0.1, 0.15) is 45.8 Å². The molecule has 1 atom stereocenters. The third kappa shape index (κ3) is 7.60. The predicted molar refractivity (Wildman–Crippen MR) is 183 cm³/mol. The summed E-state index contributed by atoms with van der Waals surface area (Å²) in [5.41, 5.74) is 9.13. The lowest BCUT2D eigenvalue weighted by Gasteiger charge is -2.28. The second-order valence-electron chi connectivity index (χ2n) is 11.4. The average molecular weight is 624 g/mol. The Hall–Kier alpha value is -4.62. The van der Waals surface area contributed by atoms with Crippen LogP contribution in [0, 0.1) is 0 Å². The molecule has 2 aliphatic rings. The van der Waals surface area contributed by atoms with Crippen molar-refractivity contribution in [2.75, 3.05) is 49.2 Å². The standard InChI is InChI=1S/C20H22O3.C19H23NO3/c1-21-17-9-7-14(8-10-17)11-15-5-4-6-16-12-19(22-2)20(23-3)13-18(15)16;1-21-15-6-4-13(5-7-15)10-17-16-12-19(23-3)18(22-2)11-14(16)8-9-20-17/h5,7-10,12-13H,4,6,11H2,1-3H3;4-7,11-12,17,20H,8-10H2,1-3H3/t;17-/m.0/s1. The van der Waals surface area contributed by atoms with Gasteiger partial charge in [-0.3, -0.25) is 0 Å². The molecule has 1 N–H and O–H groups in total. The molecule has 4 aromatic rings. The summed E-state index contributed by atoms with van der Waals surface area (Å²) in [7, 11) is 10.1. The van der Waals surface area contributed by atoms with E-state index in [1.54, 1.807) is 42.7 Å². The van der Waals surface area contributed by atoms with Crippen molar-refractivity contribution in [3.05, 3.63) is 112 Å². The molecule has 0 saturated carbocycles. The minimum atomic E-state index is 0.284. The van der Waals surface area contributed by atoms with Crippen LogP contribution in [0.15, 0.2) is 78.9 Å². The molecule has 0 bridgehead atoms. The number of hydrogen-bond acceptors (Lipinski definition) is 7. The number of hydrogen-bond donors (Lipinski definition) is 1. The van der Waals surface area contributed by atoms with E-state index in [1.807, 2.05) is 24.3 Å². The zero-order valence-corrected chi connectivity index (χ0v) is 27.8. The maximum Gasteiger partial charge on any atom is 0.161 e. The van der Waals surface area contributed by atoms with E-state index in [1.165, 1.54) is 39.0 Å². The SMILES string of the molecule is COc1ccc(CC2=CCCc3cc(OC)c(OC)cc32)cc1.COc1ccc(C[C@@H]2NCCc3cc(OC)c(OC)cc32)cc1. The molecule has 7 heteroatoms. The van der Waals surface area contributed by atoms with E-state index in [4.69, 9.17) is 28.4 Å². The molecule has 0 fully saturated rings. The zero-order valence-electron chi connectivity index (χ0n) is 27.8. The highest BCUT2D eigenvalue weighted by Crippen LogP contribution is 2.38. The molecule has 242 valence electrons. The highest BCUT2D eigenvalue weighted by atomic mass is 16.5. The van der Waals surface area contributed by atoms with E-state index in [-0.39, 0.29) is 6.04 Å². The van der Waals surface area contributed by atoms with Crippen LogP contribution in [0.5, 0.6) is 34.5 Å². The van der Waals surface area contributed by atoms with Gasteiger partial charge in [-0.05, 0) is 126 Å². The fourth-order valence-electron chi connectivity index (χ4n) is 6.22. The Kier molecular flexibility index (Phi) is 11.1. The zero-order chi connectivity index (χ0) is 32.5. The summed E-state index contributed by atoms with van der Waals surface area (Å²) < 4.78 is 32.2. The van der Waals surface area contributed by atoms with E-state index in [0.717, 1.165) is 73.1 Å². The van der Waals surface area contributed by atoms with Crippen molar-refractivity contribution in [3.63, 3.8) is 0 Å². The molecule has 1 aliphatic carbocycles. The van der Waals surface area contributed by atoms with Gasteiger partial charge in [0.15, 0.2) is 23.0 Å². The van der Waals surface area contributed by atoms with E-state index in [2.05, 4.69) is 59.9 Å². The van der Waals surface area contributed by atoms with Crippen molar-refractivity contribution in [3.8, 4) is 34.5 Å². The van der Waals surface area contributed by atoms with Crippen molar-refractivity contribution >= 4 is 5.57 Å². The quantitative estimate of drug-likeness (QED) is 0.197. The lowest BCUT2D eigenvalue weighted by molar-refractivity contribution is 0.352. The number of benzene rings is 4. The van der Waals surface area contributed by atoms with Crippen LogP contribution in [0.4, 0.5) is 0 Å². The van der Waals surface area contributed by atoms with Crippen molar-refractivity contribution < 1.29 is 28.4 Å². The van der Waals surface area contributed by atoms with E-state index in [9.17, 15) is 0 Å². The van der Waals surface area contributed by atoms with Gasteiger partial charge < -0.3 is 33.7 Å². The highest BCUT2D eigenvalue weighted by molar-refractivity contribution is 5.74. The summed E-state index contributed by atoms with van der Waals surface area (Å²) in [6, 6.07) is 25.2. The third-order valence-corrected chi connectivity index (χ3v) is 8.72. The van der Waals surface area contributed by atoms with Gasteiger partial charge in [-0.25, -0.2) is 0 Å². The monoisotopic (exact) mass is 623 g/mol. The molecule has 7 nitrogen and oxygen atoms in total. The second kappa shape index (κ2) is 15.6. The van der Waals surface area contributed by atoms with Gasteiger partial charge in [0.25, 0.3) is 0 Å². The molecule has 0 unspecified atom stereocenters. The molecule has 0 radical (unpaired) electrons. The van der Waals surface area contributed by atoms with Crippen molar-refractivity contribution in [1.29, 1.82) is 0 Å². The molecule has 1 heterocycles. The molecule has 0 amide bonds. The molecule has 1 aliphatic heterocycles. The number of fused-ring (bicyclic) bond motifs is 2. The fourth-order valence-corrected chi connectivity index (χ4v) is 6.22. The molecular weight excluding hydrogens is 578 g/mol. The first kappa shape index (κ1) is 32.8. The van der Waals surface area contributed by atoms with Crippen molar-refractivity contribution in [1.82, 2.24) is 5.32 Å². The molecule has 4 aromatic carbocycles. The Morgan fingerprint density at radius 3 is 1.72 bits per heavy atom. The number of ether oxygens (including phenoxy) is 6. The summed E-state index contributed by atoms with van der Waals surface area (Å²) in [6.07, 6.45) is 7.29. The van der Waals surface area contributed by atoms with E-state index < -0.39 is 0 Å². The van der Waals surface area contributed by atoms with Gasteiger partial charge in [-0.15, -0.1) is 0 Å². The van der Waals surface area contributed by atoms with Crippen LogP contribution >= 0.6 is 0 Å². The van der Waals surface area contributed by atoms with Gasteiger partial charge in [0.2, 0.25) is 0 Å².